The molecule has 0 fully saturated rings. The molecular formula is C25H22N2O4S. The van der Waals surface area contributed by atoms with Crippen LogP contribution < -0.4 is 10.0 Å². The lowest BCUT2D eigenvalue weighted by molar-refractivity contribution is -0.117. The standard InChI is InChI=1S/C25H22N2O4S/c28-24-13-7-6-12-22(24)26-25(29)23(16-18-8-2-1-3-9-18)27-32(30,31)21-15-14-19-10-4-5-11-20(19)17-21/h1-15,17,23,27-28H,16H2,(H,26,29). The van der Waals surface area contributed by atoms with E-state index in [9.17, 15) is 18.3 Å². The van der Waals surface area contributed by atoms with Crippen molar-refractivity contribution in [3.05, 3.63) is 103 Å². The summed E-state index contributed by atoms with van der Waals surface area (Å²) in [5.74, 6) is -0.670. The monoisotopic (exact) mass is 446 g/mol. The lowest BCUT2D eigenvalue weighted by Gasteiger charge is -2.19. The average molecular weight is 447 g/mol. The minimum Gasteiger partial charge on any atom is -0.506 e. The van der Waals surface area contributed by atoms with Crippen LogP contribution in [-0.2, 0) is 21.2 Å². The number of benzene rings is 4. The lowest BCUT2D eigenvalue weighted by Crippen LogP contribution is -2.45. The van der Waals surface area contributed by atoms with Gasteiger partial charge >= 0.3 is 0 Å². The van der Waals surface area contributed by atoms with Crippen LogP contribution in [0.3, 0.4) is 0 Å². The van der Waals surface area contributed by atoms with Gasteiger partial charge in [-0.1, -0.05) is 72.8 Å². The number of phenols is 1. The number of sulfonamides is 1. The molecular weight excluding hydrogens is 424 g/mol. The van der Waals surface area contributed by atoms with Crippen molar-refractivity contribution in [3.8, 4) is 5.75 Å². The molecule has 4 rings (SSSR count). The van der Waals surface area contributed by atoms with Gasteiger partial charge in [-0.3, -0.25) is 4.79 Å². The molecule has 0 radical (unpaired) electrons. The minimum atomic E-state index is -3.99. The molecule has 0 aliphatic heterocycles. The van der Waals surface area contributed by atoms with Crippen LogP contribution in [0.4, 0.5) is 5.69 Å². The third-order valence-corrected chi connectivity index (χ3v) is 6.56. The highest BCUT2D eigenvalue weighted by Crippen LogP contribution is 2.23. The topological polar surface area (TPSA) is 95.5 Å². The van der Waals surface area contributed by atoms with Gasteiger partial charge in [-0.2, -0.15) is 4.72 Å². The van der Waals surface area contributed by atoms with Gasteiger partial charge in [-0.15, -0.1) is 0 Å². The predicted octanol–water partition coefficient (Wildman–Crippen LogP) is 4.07. The summed E-state index contributed by atoms with van der Waals surface area (Å²) in [6, 6.07) is 26.6. The molecule has 1 unspecified atom stereocenters. The maximum Gasteiger partial charge on any atom is 0.243 e. The van der Waals surface area contributed by atoms with Gasteiger partial charge in [0.1, 0.15) is 11.8 Å². The Morgan fingerprint density at radius 2 is 1.47 bits per heavy atom. The minimum absolute atomic E-state index is 0.0737. The van der Waals surface area contributed by atoms with Crippen molar-refractivity contribution in [2.24, 2.45) is 0 Å². The molecule has 0 heterocycles. The first-order valence-electron chi connectivity index (χ1n) is 10.1. The summed E-state index contributed by atoms with van der Waals surface area (Å²) in [4.78, 5) is 13.1. The number of anilines is 1. The smallest absolute Gasteiger partial charge is 0.243 e. The SMILES string of the molecule is O=C(Nc1ccccc1O)C(Cc1ccccc1)NS(=O)(=O)c1ccc2ccccc2c1. The molecule has 0 aromatic heterocycles. The second-order valence-corrected chi connectivity index (χ2v) is 9.09. The van der Waals surface area contributed by atoms with E-state index in [1.54, 1.807) is 30.3 Å². The predicted molar refractivity (Wildman–Crippen MR) is 125 cm³/mol. The highest BCUT2D eigenvalue weighted by molar-refractivity contribution is 7.89. The van der Waals surface area contributed by atoms with E-state index < -0.39 is 22.0 Å². The number of fused-ring (bicyclic) bond motifs is 1. The second kappa shape index (κ2) is 9.21. The van der Waals surface area contributed by atoms with E-state index >= 15 is 0 Å². The van der Waals surface area contributed by atoms with Crippen LogP contribution in [0.15, 0.2) is 102 Å². The van der Waals surface area contributed by atoms with E-state index in [0.717, 1.165) is 16.3 Å². The number of hydrogen-bond acceptors (Lipinski definition) is 4. The Kier molecular flexibility index (Phi) is 6.20. The van der Waals surface area contributed by atoms with Gasteiger partial charge in [0.2, 0.25) is 15.9 Å². The number of nitrogens with one attached hydrogen (secondary N) is 2. The van der Waals surface area contributed by atoms with Gasteiger partial charge in [0.05, 0.1) is 10.6 Å². The number of carbonyl (C=O) groups is 1. The van der Waals surface area contributed by atoms with Crippen LogP contribution in [0.5, 0.6) is 5.75 Å². The summed E-state index contributed by atoms with van der Waals surface area (Å²) in [5, 5.41) is 14.3. The number of hydrogen-bond donors (Lipinski definition) is 3. The highest BCUT2D eigenvalue weighted by Gasteiger charge is 2.27. The second-order valence-electron chi connectivity index (χ2n) is 7.38. The van der Waals surface area contributed by atoms with Crippen molar-refractivity contribution in [2.75, 3.05) is 5.32 Å². The van der Waals surface area contributed by atoms with Gasteiger partial charge in [0, 0.05) is 0 Å². The third kappa shape index (κ3) is 4.96. The van der Waals surface area contributed by atoms with Gasteiger partial charge in [0.15, 0.2) is 0 Å². The normalized spacial score (nSPS) is 12.4. The van der Waals surface area contributed by atoms with Crippen molar-refractivity contribution < 1.29 is 18.3 Å². The number of amides is 1. The van der Waals surface area contributed by atoms with E-state index in [2.05, 4.69) is 10.0 Å². The summed E-state index contributed by atoms with van der Waals surface area (Å²) in [6.45, 7) is 0. The fourth-order valence-corrected chi connectivity index (χ4v) is 4.66. The van der Waals surface area contributed by atoms with Gasteiger partial charge in [0.25, 0.3) is 0 Å². The van der Waals surface area contributed by atoms with Crippen molar-refractivity contribution >= 4 is 32.4 Å². The first-order valence-corrected chi connectivity index (χ1v) is 11.5. The van der Waals surface area contributed by atoms with Gasteiger partial charge < -0.3 is 10.4 Å². The van der Waals surface area contributed by atoms with E-state index in [-0.39, 0.29) is 22.8 Å². The zero-order chi connectivity index (χ0) is 22.6. The van der Waals surface area contributed by atoms with Crippen LogP contribution in [0.25, 0.3) is 10.8 Å². The molecule has 7 heteroatoms. The quantitative estimate of drug-likeness (QED) is 0.373. The van der Waals surface area contributed by atoms with Crippen molar-refractivity contribution in [1.29, 1.82) is 0 Å². The Morgan fingerprint density at radius 1 is 0.812 bits per heavy atom. The summed E-state index contributed by atoms with van der Waals surface area (Å²) in [7, 11) is -3.99. The zero-order valence-corrected chi connectivity index (χ0v) is 17.9. The number of rotatable bonds is 7. The number of carbonyl (C=O) groups excluding carboxylic acids is 1. The van der Waals surface area contributed by atoms with Crippen molar-refractivity contribution in [2.45, 2.75) is 17.4 Å². The fraction of sp³-hybridized carbons (Fsp3) is 0.0800. The third-order valence-electron chi connectivity index (χ3n) is 5.09. The first-order chi connectivity index (χ1) is 15.4. The molecule has 4 aromatic carbocycles. The summed E-state index contributed by atoms with van der Waals surface area (Å²) >= 11 is 0. The van der Waals surface area contributed by atoms with Crippen LogP contribution in [0.2, 0.25) is 0 Å². The lowest BCUT2D eigenvalue weighted by atomic mass is 10.1. The summed E-state index contributed by atoms with van der Waals surface area (Å²) in [6.07, 6.45) is 0.146. The average Bonchev–Trinajstić information content (AvgIpc) is 2.80. The Bertz CT molecular complexity index is 1350. The Morgan fingerprint density at radius 3 is 2.22 bits per heavy atom. The van der Waals surface area contributed by atoms with E-state index in [1.165, 1.54) is 12.1 Å². The molecule has 1 amide bonds. The molecule has 4 aromatic rings. The number of phenolic OH excluding ortho intramolecular Hbond substituents is 1. The maximum absolute atomic E-state index is 13.2. The molecule has 6 nitrogen and oxygen atoms in total. The van der Waals surface area contributed by atoms with E-state index in [0.29, 0.717) is 0 Å². The first kappa shape index (κ1) is 21.5. The van der Waals surface area contributed by atoms with Crippen LogP contribution in [0, 0.1) is 0 Å². The van der Waals surface area contributed by atoms with Crippen LogP contribution in [-0.4, -0.2) is 25.5 Å². The molecule has 1 atom stereocenters. The van der Waals surface area contributed by atoms with Gasteiger partial charge in [-0.05, 0) is 47.0 Å². The molecule has 162 valence electrons. The van der Waals surface area contributed by atoms with Crippen LogP contribution in [0.1, 0.15) is 5.56 Å². The summed E-state index contributed by atoms with van der Waals surface area (Å²) < 4.78 is 28.9. The van der Waals surface area contributed by atoms with Crippen LogP contribution >= 0.6 is 0 Å². The zero-order valence-electron chi connectivity index (χ0n) is 17.1. The summed E-state index contributed by atoms with van der Waals surface area (Å²) in [5.41, 5.74) is 1.01. The molecule has 32 heavy (non-hydrogen) atoms. The highest BCUT2D eigenvalue weighted by atomic mass is 32.2. The molecule has 0 saturated heterocycles. The van der Waals surface area contributed by atoms with Crippen molar-refractivity contribution in [1.82, 2.24) is 4.72 Å². The largest absolute Gasteiger partial charge is 0.506 e. The molecule has 0 bridgehead atoms. The molecule has 0 aliphatic rings. The Balaban J connectivity index is 1.63. The molecule has 0 saturated carbocycles. The maximum atomic E-state index is 13.2. The number of aromatic hydroxyl groups is 1. The number of para-hydroxylation sites is 2. The molecule has 0 spiro atoms. The van der Waals surface area contributed by atoms with E-state index in [4.69, 9.17) is 0 Å². The van der Waals surface area contributed by atoms with Gasteiger partial charge in [-0.25, -0.2) is 8.42 Å². The fourth-order valence-electron chi connectivity index (χ4n) is 3.43. The van der Waals surface area contributed by atoms with Crippen molar-refractivity contribution in [3.63, 3.8) is 0 Å². The molecule has 0 aliphatic carbocycles. The van der Waals surface area contributed by atoms with E-state index in [1.807, 2.05) is 54.6 Å². The molecule has 3 N–H and O–H groups in total. The Labute approximate surface area is 186 Å². The Hall–Kier alpha value is -3.68.